The van der Waals surface area contributed by atoms with Crippen LogP contribution in [0.25, 0.3) is 10.9 Å². The van der Waals surface area contributed by atoms with Gasteiger partial charge in [-0.05, 0) is 12.0 Å². The standard InChI is InChI=1S/C8H6N2.C5H11NO2/c1-2-4-8-7(3-1)5-9-6-10-8;1-3(2)4(6)5(7)8/h1-6H;3-4H,6H2,1-2H3,(H,7,8)/t;4-/m.0/s1. The Hall–Kier alpha value is -2.01. The topological polar surface area (TPSA) is 89.1 Å². The lowest BCUT2D eigenvalue weighted by atomic mass is 10.1. The van der Waals surface area contributed by atoms with Crippen LogP contribution in [0.15, 0.2) is 36.8 Å². The van der Waals surface area contributed by atoms with Gasteiger partial charge < -0.3 is 10.8 Å². The average molecular weight is 247 g/mol. The van der Waals surface area contributed by atoms with Gasteiger partial charge in [0.15, 0.2) is 0 Å². The Morgan fingerprint density at radius 3 is 2.50 bits per heavy atom. The Labute approximate surface area is 106 Å². The lowest BCUT2D eigenvalue weighted by Gasteiger charge is -2.07. The van der Waals surface area contributed by atoms with Crippen LogP contribution < -0.4 is 5.73 Å². The van der Waals surface area contributed by atoms with E-state index in [0.29, 0.717) is 0 Å². The lowest BCUT2D eigenvalue weighted by Crippen LogP contribution is -2.34. The number of rotatable bonds is 2. The molecule has 1 atom stereocenters. The number of fused-ring (bicyclic) bond motifs is 1. The second kappa shape index (κ2) is 6.66. The van der Waals surface area contributed by atoms with Gasteiger partial charge in [0.05, 0.1) is 5.52 Å². The minimum Gasteiger partial charge on any atom is -0.480 e. The van der Waals surface area contributed by atoms with E-state index in [4.69, 9.17) is 10.8 Å². The molecule has 1 aromatic heterocycles. The van der Waals surface area contributed by atoms with E-state index in [1.54, 1.807) is 20.2 Å². The molecule has 0 unspecified atom stereocenters. The Balaban J connectivity index is 0.000000187. The zero-order chi connectivity index (χ0) is 13.5. The molecular formula is C13H17N3O2. The van der Waals surface area contributed by atoms with Crippen molar-refractivity contribution in [2.75, 3.05) is 0 Å². The van der Waals surface area contributed by atoms with Gasteiger partial charge in [-0.15, -0.1) is 0 Å². The molecule has 0 saturated heterocycles. The van der Waals surface area contributed by atoms with Crippen molar-refractivity contribution in [2.45, 2.75) is 19.9 Å². The zero-order valence-corrected chi connectivity index (χ0v) is 10.4. The summed E-state index contributed by atoms with van der Waals surface area (Å²) >= 11 is 0. The van der Waals surface area contributed by atoms with Crippen LogP contribution in [0.4, 0.5) is 0 Å². The number of hydrogen-bond acceptors (Lipinski definition) is 4. The third-order valence-electron chi connectivity index (χ3n) is 2.42. The highest BCUT2D eigenvalue weighted by molar-refractivity contribution is 5.76. The summed E-state index contributed by atoms with van der Waals surface area (Å²) in [6.07, 6.45) is 3.37. The van der Waals surface area contributed by atoms with Crippen LogP contribution >= 0.6 is 0 Å². The van der Waals surface area contributed by atoms with E-state index < -0.39 is 12.0 Å². The lowest BCUT2D eigenvalue weighted by molar-refractivity contribution is -0.139. The summed E-state index contributed by atoms with van der Waals surface area (Å²) in [7, 11) is 0. The van der Waals surface area contributed by atoms with E-state index in [-0.39, 0.29) is 5.92 Å². The van der Waals surface area contributed by atoms with Crippen molar-refractivity contribution < 1.29 is 9.90 Å². The smallest absolute Gasteiger partial charge is 0.320 e. The number of nitrogens with two attached hydrogens (primary N) is 1. The number of nitrogens with zero attached hydrogens (tertiary/aromatic N) is 2. The Kier molecular flexibility index (Phi) is 5.20. The summed E-state index contributed by atoms with van der Waals surface area (Å²) in [5, 5.41) is 9.32. The molecule has 5 heteroatoms. The number of hydrogen-bond donors (Lipinski definition) is 2. The van der Waals surface area contributed by atoms with Gasteiger partial charge in [0, 0.05) is 11.6 Å². The molecule has 2 rings (SSSR count). The van der Waals surface area contributed by atoms with Crippen molar-refractivity contribution in [2.24, 2.45) is 11.7 Å². The van der Waals surface area contributed by atoms with Gasteiger partial charge >= 0.3 is 5.97 Å². The van der Waals surface area contributed by atoms with Crippen molar-refractivity contribution >= 4 is 16.9 Å². The minimum absolute atomic E-state index is 0.0208. The van der Waals surface area contributed by atoms with Gasteiger partial charge in [-0.1, -0.05) is 32.0 Å². The molecule has 0 aliphatic heterocycles. The SMILES string of the molecule is CC(C)[C@H](N)C(=O)O.c1ccc2ncncc2c1. The predicted molar refractivity (Wildman–Crippen MR) is 70.0 cm³/mol. The molecule has 3 N–H and O–H groups in total. The van der Waals surface area contributed by atoms with Gasteiger partial charge in [-0.25, -0.2) is 9.97 Å². The maximum absolute atomic E-state index is 10.0. The second-order valence-corrected chi connectivity index (χ2v) is 4.19. The second-order valence-electron chi connectivity index (χ2n) is 4.19. The summed E-state index contributed by atoms with van der Waals surface area (Å²) in [4.78, 5) is 18.0. The number of carboxylic acids is 1. The molecule has 0 amide bonds. The van der Waals surface area contributed by atoms with Gasteiger partial charge in [0.25, 0.3) is 0 Å². The van der Waals surface area contributed by atoms with Gasteiger partial charge in [-0.3, -0.25) is 4.79 Å². The van der Waals surface area contributed by atoms with E-state index in [1.165, 1.54) is 0 Å². The number of aromatic nitrogens is 2. The summed E-state index contributed by atoms with van der Waals surface area (Å²) in [5.41, 5.74) is 6.16. The van der Waals surface area contributed by atoms with Crippen LogP contribution in [0.1, 0.15) is 13.8 Å². The molecule has 0 aliphatic rings. The molecule has 0 aliphatic carbocycles. The summed E-state index contributed by atoms with van der Waals surface area (Å²) < 4.78 is 0. The first-order chi connectivity index (χ1) is 8.52. The summed E-state index contributed by atoms with van der Waals surface area (Å²) in [5.74, 6) is -0.910. The van der Waals surface area contributed by atoms with Crippen LogP contribution in [0, 0.1) is 5.92 Å². The number of para-hydroxylation sites is 1. The highest BCUT2D eigenvalue weighted by Gasteiger charge is 2.14. The number of carboxylic acid groups (broad SMARTS) is 1. The molecule has 0 fully saturated rings. The maximum atomic E-state index is 10.0. The third-order valence-corrected chi connectivity index (χ3v) is 2.42. The summed E-state index contributed by atoms with van der Waals surface area (Å²) in [6.45, 7) is 3.55. The van der Waals surface area contributed by atoms with Crippen LogP contribution in [-0.2, 0) is 4.79 Å². The molecule has 0 bridgehead atoms. The van der Waals surface area contributed by atoms with Gasteiger partial charge in [0.1, 0.15) is 12.4 Å². The Morgan fingerprint density at radius 1 is 1.33 bits per heavy atom. The first-order valence-electron chi connectivity index (χ1n) is 5.65. The molecule has 2 aromatic rings. The molecule has 18 heavy (non-hydrogen) atoms. The first-order valence-corrected chi connectivity index (χ1v) is 5.65. The normalized spacial score (nSPS) is 11.8. The zero-order valence-electron chi connectivity index (χ0n) is 10.4. The highest BCUT2D eigenvalue weighted by Crippen LogP contribution is 2.06. The van der Waals surface area contributed by atoms with Crippen LogP contribution in [0.3, 0.4) is 0 Å². The van der Waals surface area contributed by atoms with Gasteiger partial charge in [-0.2, -0.15) is 0 Å². The molecule has 5 nitrogen and oxygen atoms in total. The Morgan fingerprint density at radius 2 is 2.00 bits per heavy atom. The van der Waals surface area contributed by atoms with E-state index in [1.807, 2.05) is 30.5 Å². The van der Waals surface area contributed by atoms with Crippen molar-refractivity contribution in [3.63, 3.8) is 0 Å². The molecule has 1 heterocycles. The molecule has 96 valence electrons. The van der Waals surface area contributed by atoms with E-state index >= 15 is 0 Å². The van der Waals surface area contributed by atoms with E-state index in [9.17, 15) is 4.79 Å². The molecule has 0 spiro atoms. The molecule has 0 radical (unpaired) electrons. The number of benzene rings is 1. The molecular weight excluding hydrogens is 230 g/mol. The fourth-order valence-electron chi connectivity index (χ4n) is 1.21. The minimum atomic E-state index is -0.931. The fraction of sp³-hybridized carbons (Fsp3) is 0.308. The largest absolute Gasteiger partial charge is 0.480 e. The van der Waals surface area contributed by atoms with Crippen LogP contribution in [0.2, 0.25) is 0 Å². The van der Waals surface area contributed by atoms with Crippen LogP contribution in [-0.4, -0.2) is 27.1 Å². The molecule has 0 saturated carbocycles. The first kappa shape index (κ1) is 14.1. The monoisotopic (exact) mass is 247 g/mol. The van der Waals surface area contributed by atoms with Crippen molar-refractivity contribution in [1.29, 1.82) is 0 Å². The predicted octanol–water partition coefficient (Wildman–Crippen LogP) is 1.68. The third kappa shape index (κ3) is 4.10. The number of aliphatic carboxylic acids is 1. The van der Waals surface area contributed by atoms with Gasteiger partial charge in [0.2, 0.25) is 0 Å². The van der Waals surface area contributed by atoms with Crippen LogP contribution in [0.5, 0.6) is 0 Å². The quantitative estimate of drug-likeness (QED) is 0.842. The van der Waals surface area contributed by atoms with Crippen molar-refractivity contribution in [3.05, 3.63) is 36.8 Å². The van der Waals surface area contributed by atoms with E-state index in [2.05, 4.69) is 9.97 Å². The van der Waals surface area contributed by atoms with E-state index in [0.717, 1.165) is 10.9 Å². The summed E-state index contributed by atoms with van der Waals surface area (Å²) in [6, 6.07) is 7.20. The Bertz CT molecular complexity index is 449. The maximum Gasteiger partial charge on any atom is 0.320 e. The molecule has 1 aromatic carbocycles. The van der Waals surface area contributed by atoms with Crippen molar-refractivity contribution in [3.8, 4) is 0 Å². The average Bonchev–Trinajstić information content (AvgIpc) is 2.38. The fourth-order valence-corrected chi connectivity index (χ4v) is 1.21. The highest BCUT2D eigenvalue weighted by atomic mass is 16.4. The van der Waals surface area contributed by atoms with Crippen molar-refractivity contribution in [1.82, 2.24) is 9.97 Å². The number of carbonyl (C=O) groups is 1.